The molecular weight excluding hydrogens is 292 g/mol. The average Bonchev–Trinajstić information content (AvgIpc) is 2.47. The van der Waals surface area contributed by atoms with Gasteiger partial charge in [-0.2, -0.15) is 17.4 Å². The van der Waals surface area contributed by atoms with E-state index in [9.17, 15) is 13.2 Å². The molecule has 0 spiro atoms. The normalized spacial score (nSPS) is 31.8. The largest absolute Gasteiger partial charge is 0.469 e. The van der Waals surface area contributed by atoms with Gasteiger partial charge in [0, 0.05) is 19.1 Å². The number of rotatable bonds is 4. The Morgan fingerprint density at radius 1 is 1.19 bits per heavy atom. The van der Waals surface area contributed by atoms with Gasteiger partial charge in [-0.3, -0.25) is 4.79 Å². The molecule has 7 heteroatoms. The van der Waals surface area contributed by atoms with E-state index >= 15 is 0 Å². The molecule has 1 heterocycles. The molecule has 1 unspecified atom stereocenters. The Morgan fingerprint density at radius 2 is 1.86 bits per heavy atom. The minimum atomic E-state index is -3.39. The van der Waals surface area contributed by atoms with Crippen molar-refractivity contribution in [2.75, 3.05) is 20.2 Å². The molecule has 21 heavy (non-hydrogen) atoms. The highest BCUT2D eigenvalue weighted by Gasteiger charge is 2.32. The molecule has 0 amide bonds. The lowest BCUT2D eigenvalue weighted by Crippen LogP contribution is -2.49. The van der Waals surface area contributed by atoms with Gasteiger partial charge in [0.1, 0.15) is 0 Å². The average molecular weight is 318 g/mol. The molecule has 0 aromatic heterocycles. The van der Waals surface area contributed by atoms with Gasteiger partial charge in [0.2, 0.25) is 0 Å². The summed E-state index contributed by atoms with van der Waals surface area (Å²) >= 11 is 0. The summed E-state index contributed by atoms with van der Waals surface area (Å²) in [7, 11) is -1.99. The van der Waals surface area contributed by atoms with Crippen molar-refractivity contribution in [1.29, 1.82) is 0 Å². The highest BCUT2D eigenvalue weighted by atomic mass is 32.2. The molecule has 2 aliphatic rings. The third kappa shape index (κ3) is 4.40. The predicted octanol–water partition coefficient (Wildman–Crippen LogP) is 1.28. The van der Waals surface area contributed by atoms with E-state index in [2.05, 4.69) is 11.6 Å². The van der Waals surface area contributed by atoms with Crippen molar-refractivity contribution in [3.8, 4) is 0 Å². The molecule has 6 nitrogen and oxygen atoms in total. The van der Waals surface area contributed by atoms with Crippen LogP contribution in [-0.4, -0.2) is 44.9 Å². The molecule has 122 valence electrons. The quantitative estimate of drug-likeness (QED) is 0.792. The van der Waals surface area contributed by atoms with Crippen LogP contribution in [0.4, 0.5) is 0 Å². The van der Waals surface area contributed by atoms with Gasteiger partial charge >= 0.3 is 5.97 Å². The highest BCUT2D eigenvalue weighted by molar-refractivity contribution is 7.87. The molecule has 1 saturated carbocycles. The molecule has 0 aromatic rings. The first-order chi connectivity index (χ1) is 9.92. The van der Waals surface area contributed by atoms with Crippen LogP contribution >= 0.6 is 0 Å². The maximum absolute atomic E-state index is 12.4. The van der Waals surface area contributed by atoms with Crippen LogP contribution in [0.3, 0.4) is 0 Å². The van der Waals surface area contributed by atoms with Crippen LogP contribution in [-0.2, 0) is 19.7 Å². The Kier molecular flexibility index (Phi) is 5.62. The zero-order chi connectivity index (χ0) is 15.5. The molecule has 2 fully saturated rings. The third-order valence-electron chi connectivity index (χ3n) is 4.54. The summed E-state index contributed by atoms with van der Waals surface area (Å²) in [4.78, 5) is 11.5. The molecule has 0 bridgehead atoms. The molecule has 1 aliphatic heterocycles. The number of ether oxygens (including phenoxy) is 1. The summed E-state index contributed by atoms with van der Waals surface area (Å²) in [6, 6.07) is -0.0619. The fourth-order valence-corrected chi connectivity index (χ4v) is 4.89. The lowest BCUT2D eigenvalue weighted by Gasteiger charge is -2.33. The second-order valence-corrected chi connectivity index (χ2v) is 8.00. The van der Waals surface area contributed by atoms with Crippen molar-refractivity contribution in [2.24, 2.45) is 11.8 Å². The lowest BCUT2D eigenvalue weighted by atomic mass is 9.86. The maximum atomic E-state index is 12.4. The number of piperidine rings is 1. The Morgan fingerprint density at radius 3 is 2.43 bits per heavy atom. The second-order valence-electron chi connectivity index (χ2n) is 6.30. The first-order valence-electron chi connectivity index (χ1n) is 7.77. The molecule has 1 saturated heterocycles. The SMILES string of the molecule is COC(=O)C1CCC(NS(=O)(=O)N2CCCC(C)C2)CC1. The van der Waals surface area contributed by atoms with Gasteiger partial charge in [0.25, 0.3) is 10.2 Å². The van der Waals surface area contributed by atoms with Crippen molar-refractivity contribution in [2.45, 2.75) is 51.5 Å². The number of carbonyl (C=O) groups excluding carboxylic acids is 1. The molecule has 0 radical (unpaired) electrons. The van der Waals surface area contributed by atoms with Crippen molar-refractivity contribution in [3.63, 3.8) is 0 Å². The predicted molar refractivity (Wildman–Crippen MR) is 79.8 cm³/mol. The van der Waals surface area contributed by atoms with Crippen LogP contribution in [0.2, 0.25) is 0 Å². The van der Waals surface area contributed by atoms with Gasteiger partial charge in [-0.15, -0.1) is 0 Å². The van der Waals surface area contributed by atoms with Gasteiger partial charge < -0.3 is 4.74 Å². The fraction of sp³-hybridized carbons (Fsp3) is 0.929. The van der Waals surface area contributed by atoms with Crippen LogP contribution < -0.4 is 4.72 Å². The Hall–Kier alpha value is -0.660. The molecule has 0 aromatic carbocycles. The van der Waals surface area contributed by atoms with E-state index in [4.69, 9.17) is 4.74 Å². The minimum Gasteiger partial charge on any atom is -0.469 e. The summed E-state index contributed by atoms with van der Waals surface area (Å²) < 4.78 is 33.9. The highest BCUT2D eigenvalue weighted by Crippen LogP contribution is 2.26. The van der Waals surface area contributed by atoms with Crippen molar-refractivity contribution < 1.29 is 17.9 Å². The standard InChI is InChI=1S/C14H26N2O4S/c1-11-4-3-9-16(10-11)21(18,19)15-13-7-5-12(6-8-13)14(17)20-2/h11-13,15H,3-10H2,1-2H3. The summed E-state index contributed by atoms with van der Waals surface area (Å²) in [6.07, 6.45) is 4.80. The summed E-state index contributed by atoms with van der Waals surface area (Å²) in [5, 5.41) is 0. The number of methoxy groups -OCH3 is 1. The first-order valence-corrected chi connectivity index (χ1v) is 9.21. The van der Waals surface area contributed by atoms with Crippen LogP contribution in [0.15, 0.2) is 0 Å². The van der Waals surface area contributed by atoms with Gasteiger partial charge in [-0.25, -0.2) is 0 Å². The smallest absolute Gasteiger partial charge is 0.308 e. The van der Waals surface area contributed by atoms with E-state index in [1.54, 1.807) is 4.31 Å². The molecule has 1 atom stereocenters. The van der Waals surface area contributed by atoms with Crippen LogP contribution in [0.5, 0.6) is 0 Å². The topological polar surface area (TPSA) is 75.7 Å². The van der Waals surface area contributed by atoms with Crippen LogP contribution in [0.1, 0.15) is 45.4 Å². The van der Waals surface area contributed by atoms with Crippen LogP contribution in [0.25, 0.3) is 0 Å². The fourth-order valence-electron chi connectivity index (χ4n) is 3.26. The number of nitrogens with zero attached hydrogens (tertiary/aromatic N) is 1. The van der Waals surface area contributed by atoms with Crippen LogP contribution in [0, 0.1) is 11.8 Å². The van der Waals surface area contributed by atoms with Gasteiger partial charge in [-0.1, -0.05) is 6.92 Å². The van der Waals surface area contributed by atoms with E-state index < -0.39 is 10.2 Å². The van der Waals surface area contributed by atoms with E-state index in [-0.39, 0.29) is 17.9 Å². The van der Waals surface area contributed by atoms with Crippen molar-refractivity contribution in [3.05, 3.63) is 0 Å². The zero-order valence-corrected chi connectivity index (χ0v) is 13.7. The monoisotopic (exact) mass is 318 g/mol. The molecule has 1 N–H and O–H groups in total. The minimum absolute atomic E-state index is 0.0619. The van der Waals surface area contributed by atoms with Gasteiger partial charge in [-0.05, 0) is 44.4 Å². The number of esters is 1. The number of hydrogen-bond donors (Lipinski definition) is 1. The zero-order valence-electron chi connectivity index (χ0n) is 12.9. The Bertz CT molecular complexity index is 458. The van der Waals surface area contributed by atoms with Crippen molar-refractivity contribution >= 4 is 16.2 Å². The third-order valence-corrected chi connectivity index (χ3v) is 6.18. The summed E-state index contributed by atoms with van der Waals surface area (Å²) in [5.41, 5.74) is 0. The molecule has 2 rings (SSSR count). The first kappa shape index (κ1) is 16.7. The summed E-state index contributed by atoms with van der Waals surface area (Å²) in [6.45, 7) is 3.30. The Balaban J connectivity index is 1.86. The van der Waals surface area contributed by atoms with E-state index in [1.807, 2.05) is 0 Å². The van der Waals surface area contributed by atoms with E-state index in [1.165, 1.54) is 7.11 Å². The van der Waals surface area contributed by atoms with Gasteiger partial charge in [0.15, 0.2) is 0 Å². The molecular formula is C14H26N2O4S. The van der Waals surface area contributed by atoms with E-state index in [0.717, 1.165) is 12.8 Å². The van der Waals surface area contributed by atoms with Gasteiger partial charge in [0.05, 0.1) is 13.0 Å². The Labute approximate surface area is 127 Å². The van der Waals surface area contributed by atoms with Crippen molar-refractivity contribution in [1.82, 2.24) is 9.03 Å². The van der Waals surface area contributed by atoms with E-state index in [0.29, 0.717) is 44.7 Å². The maximum Gasteiger partial charge on any atom is 0.308 e. The second kappa shape index (κ2) is 7.07. The number of carbonyl (C=O) groups is 1. The lowest BCUT2D eigenvalue weighted by molar-refractivity contribution is -0.146. The molecule has 1 aliphatic carbocycles. The summed E-state index contributed by atoms with van der Waals surface area (Å²) in [5.74, 6) is 0.164. The number of nitrogens with one attached hydrogen (secondary N) is 1. The number of hydrogen-bond acceptors (Lipinski definition) is 4.